The fourth-order valence-corrected chi connectivity index (χ4v) is 7.01. The molecule has 0 atom stereocenters. The largest absolute Gasteiger partial charge is 0.309 e. The van der Waals surface area contributed by atoms with Crippen LogP contribution in [0.1, 0.15) is 44.0 Å². The molecule has 0 saturated carbocycles. The second kappa shape index (κ2) is 10.2. The van der Waals surface area contributed by atoms with Gasteiger partial charge in [0, 0.05) is 42.7 Å². The summed E-state index contributed by atoms with van der Waals surface area (Å²) in [5.74, 6) is 0. The van der Waals surface area contributed by atoms with Crippen LogP contribution in [0, 0.1) is 18.3 Å². The van der Waals surface area contributed by atoms with Gasteiger partial charge in [0.05, 0.1) is 77.0 Å². The van der Waals surface area contributed by atoms with Gasteiger partial charge in [-0.3, -0.25) is 0 Å². The first-order valence-electron chi connectivity index (χ1n) is 26.2. The van der Waals surface area contributed by atoms with Gasteiger partial charge in [-0.25, -0.2) is 0 Å². The number of hydrogen-bond donors (Lipinski definition) is 0. The van der Waals surface area contributed by atoms with Gasteiger partial charge in [-0.15, -0.1) is 11.3 Å². The lowest BCUT2D eigenvalue weighted by molar-refractivity contribution is 1.18. The first-order valence-corrected chi connectivity index (χ1v) is 15.0. The maximum Gasteiger partial charge on any atom is 0.0991 e. The minimum absolute atomic E-state index is 0.0769. The average Bonchev–Trinajstić information content (AvgIpc) is 4.04. The first kappa shape index (κ1) is 12.5. The summed E-state index contributed by atoms with van der Waals surface area (Å²) in [6.45, 7) is 1.44. The Labute approximate surface area is 314 Å². The highest BCUT2D eigenvalue weighted by Crippen LogP contribution is 2.42. The molecule has 4 heteroatoms. The van der Waals surface area contributed by atoms with E-state index in [4.69, 9.17) is 20.6 Å². The van der Waals surface area contributed by atoms with Crippen molar-refractivity contribution in [3.63, 3.8) is 0 Å². The average molecular weight is 654 g/mol. The van der Waals surface area contributed by atoms with Crippen molar-refractivity contribution < 1.29 is 32.9 Å². The summed E-state index contributed by atoms with van der Waals surface area (Å²) in [4.78, 5) is 0. The molecule has 10 aromatic rings. The smallest absolute Gasteiger partial charge is 0.0991 e. The number of fused-ring (bicyclic) bond motifs is 9. The van der Waals surface area contributed by atoms with Crippen LogP contribution in [0.2, 0.25) is 0 Å². The number of rotatable bonds is 3. The number of thiophene rings is 1. The fourth-order valence-electron chi connectivity index (χ4n) is 5.85. The van der Waals surface area contributed by atoms with Gasteiger partial charge in [0.25, 0.3) is 0 Å². The molecule has 0 aliphatic heterocycles. The summed E-state index contributed by atoms with van der Waals surface area (Å²) in [5, 5.41) is 7.39. The predicted molar refractivity (Wildman–Crippen MR) is 203 cm³/mol. The molecule has 0 aliphatic carbocycles. The molecular formula is C44H27N3S. The van der Waals surface area contributed by atoms with Gasteiger partial charge in [-0.1, -0.05) is 72.5 Å². The molecule has 0 aliphatic rings. The van der Waals surface area contributed by atoms with Gasteiger partial charge in [0.2, 0.25) is 0 Å². The van der Waals surface area contributed by atoms with Crippen molar-refractivity contribution in [2.24, 2.45) is 0 Å². The van der Waals surface area contributed by atoms with Crippen LogP contribution >= 0.6 is 11.3 Å². The van der Waals surface area contributed by atoms with E-state index >= 15 is 0 Å². The Balaban J connectivity index is 1.44. The molecule has 224 valence electrons. The van der Waals surface area contributed by atoms with Crippen molar-refractivity contribution >= 4 is 75.1 Å². The maximum absolute atomic E-state index is 9.88. The van der Waals surface area contributed by atoms with Crippen LogP contribution < -0.4 is 0 Å². The fraction of sp³-hybridized carbons (Fsp3) is 0.0227. The molecule has 3 nitrogen and oxygen atoms in total. The second-order valence-corrected chi connectivity index (χ2v) is 11.7. The van der Waals surface area contributed by atoms with Crippen LogP contribution in [-0.4, -0.2) is 9.13 Å². The first-order chi connectivity index (χ1) is 33.7. The van der Waals surface area contributed by atoms with Crippen molar-refractivity contribution in [3.05, 3.63) is 156 Å². The highest BCUT2D eigenvalue weighted by molar-refractivity contribution is 7.26. The summed E-state index contributed by atoms with van der Waals surface area (Å²) in [5.41, 5.74) is -5.33. The molecule has 0 saturated heterocycles. The third-order valence-electron chi connectivity index (χ3n) is 7.90. The second-order valence-electron chi connectivity index (χ2n) is 10.6. The lowest BCUT2D eigenvalue weighted by Gasteiger charge is -2.10. The number of para-hydroxylation sites is 2. The summed E-state index contributed by atoms with van der Waals surface area (Å²) < 4.78 is 219. The quantitative estimate of drug-likeness (QED) is 0.187. The number of aromatic nitrogens is 2. The van der Waals surface area contributed by atoms with E-state index in [-0.39, 0.29) is 37.8 Å². The Morgan fingerprint density at radius 1 is 0.542 bits per heavy atom. The summed E-state index contributed by atoms with van der Waals surface area (Å²) in [6.07, 6.45) is 0. The van der Waals surface area contributed by atoms with E-state index in [2.05, 4.69) is 0 Å². The van der Waals surface area contributed by atoms with Crippen molar-refractivity contribution in [1.29, 1.82) is 5.26 Å². The van der Waals surface area contributed by atoms with Gasteiger partial charge in [-0.2, -0.15) is 5.26 Å². The number of nitriles is 1. The molecule has 0 bridgehead atoms. The van der Waals surface area contributed by atoms with Gasteiger partial charge in [0.1, 0.15) is 0 Å². The highest BCUT2D eigenvalue weighted by Gasteiger charge is 2.18. The Hall–Kier alpha value is -6.15. The molecule has 7 aromatic carbocycles. The monoisotopic (exact) mass is 653 g/mol. The zero-order valence-corrected chi connectivity index (χ0v) is 25.1. The lowest BCUT2D eigenvalue weighted by atomic mass is 10.0. The van der Waals surface area contributed by atoms with E-state index in [1.165, 1.54) is 6.92 Å². The summed E-state index contributed by atoms with van der Waals surface area (Å²) in [6, 6.07) is -17.0. The number of hydrogen-bond acceptors (Lipinski definition) is 2. The molecule has 0 N–H and O–H groups in total. The molecule has 0 unspecified atom stereocenters. The molecule has 0 amide bonds. The zero-order chi connectivity index (χ0) is 52.8. The van der Waals surface area contributed by atoms with Gasteiger partial charge >= 0.3 is 0 Å². The van der Waals surface area contributed by atoms with E-state index in [0.717, 1.165) is 20.5 Å². The summed E-state index contributed by atoms with van der Waals surface area (Å²) in [7, 11) is 0. The molecule has 3 aromatic heterocycles. The van der Waals surface area contributed by atoms with Crippen LogP contribution in [0.15, 0.2) is 145 Å². The van der Waals surface area contributed by atoms with E-state index in [9.17, 15) is 17.6 Å². The van der Waals surface area contributed by atoms with Gasteiger partial charge in [0.15, 0.2) is 0 Å². The predicted octanol–water partition coefficient (Wildman–Crippen LogP) is 12.1. The minimum Gasteiger partial charge on any atom is -0.309 e. The minimum atomic E-state index is -0.978. The van der Waals surface area contributed by atoms with Crippen molar-refractivity contribution in [1.82, 2.24) is 9.13 Å². The van der Waals surface area contributed by atoms with Gasteiger partial charge in [-0.05, 0) is 96.1 Å². The third kappa shape index (κ3) is 3.86. The molecule has 3 heterocycles. The van der Waals surface area contributed by atoms with Crippen LogP contribution in [0.25, 0.3) is 86.3 Å². The van der Waals surface area contributed by atoms with Crippen LogP contribution in [0.3, 0.4) is 0 Å². The van der Waals surface area contributed by atoms with E-state index in [1.807, 2.05) is 0 Å². The van der Waals surface area contributed by atoms with E-state index in [0.29, 0.717) is 0 Å². The number of benzene rings is 7. The molecule has 0 fully saturated rings. The standard InChI is InChI=1S/C44H27N3S/c1-27-13-20-34-35-9-6-12-42(44(35)48-43(34)23-27)47-39-11-5-3-8-33(39)37-25-30(17-22-41(37)47)29-16-21-40-36(24-29)32-7-2-4-10-38(32)46(40)31-18-14-28(26-45)15-19-31/h2-25H,1H3/i2D,3D,4D,5D,6D,7D,8D,9D,10D,11D,12D,13D,14D,15D,16D,17D,18D,19D,20D,21D,22D,23D,24D,25D. The van der Waals surface area contributed by atoms with Crippen molar-refractivity contribution in [2.75, 3.05) is 0 Å². The highest BCUT2D eigenvalue weighted by atomic mass is 32.1. The topological polar surface area (TPSA) is 33.6 Å². The third-order valence-corrected chi connectivity index (χ3v) is 9.02. The summed E-state index contributed by atoms with van der Waals surface area (Å²) >= 11 is 0.786. The molecule has 10 rings (SSSR count). The zero-order valence-electron chi connectivity index (χ0n) is 48.2. The lowest BCUT2D eigenvalue weighted by Crippen LogP contribution is -1.94. The Morgan fingerprint density at radius 2 is 1.15 bits per heavy atom. The van der Waals surface area contributed by atoms with Crippen LogP contribution in [-0.2, 0) is 0 Å². The molecule has 48 heavy (non-hydrogen) atoms. The van der Waals surface area contributed by atoms with Crippen LogP contribution in [0.5, 0.6) is 0 Å². The molecule has 0 radical (unpaired) electrons. The Bertz CT molecular complexity index is 4320. The van der Waals surface area contributed by atoms with Crippen LogP contribution in [0.4, 0.5) is 0 Å². The van der Waals surface area contributed by atoms with Crippen molar-refractivity contribution in [2.45, 2.75) is 6.92 Å². The van der Waals surface area contributed by atoms with E-state index in [1.54, 1.807) is 6.07 Å². The maximum atomic E-state index is 9.88. The Kier molecular flexibility index (Phi) is 2.64. The Morgan fingerprint density at radius 3 is 1.83 bits per heavy atom. The number of nitrogens with zero attached hydrogens (tertiary/aromatic N) is 3. The SMILES string of the molecule is [2H]c1c([2H])c(-n2c3c([2H])c([2H])c([2H])c([2H])c3c3c([2H])c(-c4c([2H])c([2H])c5c(c4[2H])c4c([2H])c([2H])c([2H])c([2H])c4n5-c4c([2H])c([2H])c([2H])c5c4sc4c([2H])c(C)c([2H])c([2H])c45)c([2H])c([2H])c32)c([2H])c([2H])c1C#N. The molecular weight excluding hydrogens is 603 g/mol. The molecule has 0 spiro atoms. The van der Waals surface area contributed by atoms with E-state index < -0.39 is 205 Å². The van der Waals surface area contributed by atoms with Crippen molar-refractivity contribution in [3.8, 4) is 28.6 Å². The normalized spacial score (nSPS) is 18.8. The van der Waals surface area contributed by atoms with Gasteiger partial charge < -0.3 is 9.13 Å².